The second-order valence-corrected chi connectivity index (χ2v) is 8.38. The van der Waals surface area contributed by atoms with E-state index in [1.165, 1.54) is 0 Å². The molecule has 1 aromatic heterocycles. The minimum Gasteiger partial charge on any atom is -0.496 e. The quantitative estimate of drug-likeness (QED) is 0.548. The number of anilines is 1. The minimum absolute atomic E-state index is 0.0880. The molecule has 5 rings (SSSR count). The molecule has 8 heteroatoms. The fourth-order valence-electron chi connectivity index (χ4n) is 4.49. The molecular formula is C26H28N4O4. The minimum atomic E-state index is -0.0880. The Hall–Kier alpha value is -3.81. The van der Waals surface area contributed by atoms with E-state index in [0.29, 0.717) is 54.2 Å². The third-order valence-electron chi connectivity index (χ3n) is 6.30. The highest BCUT2D eigenvalue weighted by molar-refractivity contribution is 5.97. The largest absolute Gasteiger partial charge is 0.496 e. The molecule has 3 aromatic rings. The predicted molar refractivity (Wildman–Crippen MR) is 128 cm³/mol. The summed E-state index contributed by atoms with van der Waals surface area (Å²) in [5.41, 5.74) is 2.28. The van der Waals surface area contributed by atoms with Crippen molar-refractivity contribution in [2.75, 3.05) is 38.8 Å². The number of ether oxygens (including phenoxy) is 3. The Balaban J connectivity index is 1.51. The number of hydrogen-bond donors (Lipinski definition) is 0. The summed E-state index contributed by atoms with van der Waals surface area (Å²) in [5.74, 6) is 2.82. The topological polar surface area (TPSA) is 77.0 Å². The van der Waals surface area contributed by atoms with Crippen LogP contribution in [0.25, 0.3) is 0 Å². The standard InChI is InChI=1S/C26H28N4O4/c1-32-21-10-4-3-9-18(21)25(31)30-16-13-20-19(17-30)24(28-26(27-20)29-14-7-8-15-29)34-23-12-6-5-11-22(23)33-2/h3-6,9-12H,7-8,13-17H2,1-2H3. The van der Waals surface area contributed by atoms with Crippen molar-refractivity contribution in [2.45, 2.75) is 25.8 Å². The van der Waals surface area contributed by atoms with Crippen molar-refractivity contribution in [3.63, 3.8) is 0 Å². The van der Waals surface area contributed by atoms with Gasteiger partial charge in [0.15, 0.2) is 11.5 Å². The van der Waals surface area contributed by atoms with Gasteiger partial charge >= 0.3 is 0 Å². The first-order valence-electron chi connectivity index (χ1n) is 11.6. The van der Waals surface area contributed by atoms with E-state index < -0.39 is 0 Å². The molecule has 0 saturated carbocycles. The second-order valence-electron chi connectivity index (χ2n) is 8.38. The maximum Gasteiger partial charge on any atom is 0.257 e. The Morgan fingerprint density at radius 1 is 0.853 bits per heavy atom. The highest BCUT2D eigenvalue weighted by Gasteiger charge is 2.30. The molecule has 34 heavy (non-hydrogen) atoms. The summed E-state index contributed by atoms with van der Waals surface area (Å²) in [6.07, 6.45) is 2.89. The lowest BCUT2D eigenvalue weighted by molar-refractivity contribution is 0.0728. The van der Waals surface area contributed by atoms with E-state index >= 15 is 0 Å². The molecule has 2 aliphatic heterocycles. The zero-order valence-electron chi connectivity index (χ0n) is 19.5. The number of hydrogen-bond acceptors (Lipinski definition) is 7. The van der Waals surface area contributed by atoms with Crippen LogP contribution in [0.15, 0.2) is 48.5 Å². The third-order valence-corrected chi connectivity index (χ3v) is 6.30. The van der Waals surface area contributed by atoms with E-state index in [1.54, 1.807) is 31.3 Å². The number of rotatable bonds is 6. The molecule has 3 heterocycles. The number of para-hydroxylation sites is 3. The van der Waals surface area contributed by atoms with Crippen LogP contribution < -0.4 is 19.1 Å². The summed E-state index contributed by atoms with van der Waals surface area (Å²) in [4.78, 5) is 27.1. The third kappa shape index (κ3) is 4.23. The second kappa shape index (κ2) is 9.59. The Morgan fingerprint density at radius 2 is 1.53 bits per heavy atom. The Kier molecular flexibility index (Phi) is 6.20. The van der Waals surface area contributed by atoms with E-state index in [1.807, 2.05) is 36.4 Å². The summed E-state index contributed by atoms with van der Waals surface area (Å²) in [6, 6.07) is 14.8. The SMILES string of the molecule is COc1ccccc1Oc1nc(N2CCCC2)nc2c1CN(C(=O)c1ccccc1OC)CC2. The molecule has 1 saturated heterocycles. The number of nitrogens with zero attached hydrogens (tertiary/aromatic N) is 4. The molecular weight excluding hydrogens is 432 g/mol. The molecule has 0 radical (unpaired) electrons. The number of benzene rings is 2. The number of aromatic nitrogens is 2. The maximum absolute atomic E-state index is 13.4. The van der Waals surface area contributed by atoms with Gasteiger partial charge in [-0.3, -0.25) is 4.79 Å². The fourth-order valence-corrected chi connectivity index (χ4v) is 4.49. The van der Waals surface area contributed by atoms with Crippen LogP contribution in [0.5, 0.6) is 23.1 Å². The number of carbonyl (C=O) groups excluding carboxylic acids is 1. The lowest BCUT2D eigenvalue weighted by atomic mass is 10.0. The van der Waals surface area contributed by atoms with Gasteiger partial charge < -0.3 is 24.0 Å². The molecule has 2 aromatic carbocycles. The summed E-state index contributed by atoms with van der Waals surface area (Å²) in [7, 11) is 3.19. The van der Waals surface area contributed by atoms with Crippen LogP contribution in [0, 0.1) is 0 Å². The van der Waals surface area contributed by atoms with Gasteiger partial charge in [-0.1, -0.05) is 24.3 Å². The van der Waals surface area contributed by atoms with Gasteiger partial charge in [-0.15, -0.1) is 0 Å². The Morgan fingerprint density at radius 3 is 2.26 bits per heavy atom. The van der Waals surface area contributed by atoms with E-state index in [0.717, 1.165) is 37.2 Å². The summed E-state index contributed by atoms with van der Waals surface area (Å²) >= 11 is 0. The van der Waals surface area contributed by atoms with E-state index in [2.05, 4.69) is 4.90 Å². The lowest BCUT2D eigenvalue weighted by Crippen LogP contribution is -2.37. The molecule has 1 fully saturated rings. The van der Waals surface area contributed by atoms with Crippen LogP contribution in [0.4, 0.5) is 5.95 Å². The molecule has 8 nitrogen and oxygen atoms in total. The van der Waals surface area contributed by atoms with Crippen LogP contribution in [0.3, 0.4) is 0 Å². The number of amides is 1. The van der Waals surface area contributed by atoms with E-state index in [-0.39, 0.29) is 5.91 Å². The molecule has 0 unspecified atom stereocenters. The Bertz CT molecular complexity index is 1190. The smallest absolute Gasteiger partial charge is 0.257 e. The lowest BCUT2D eigenvalue weighted by Gasteiger charge is -2.30. The monoisotopic (exact) mass is 460 g/mol. The van der Waals surface area contributed by atoms with Gasteiger partial charge in [0, 0.05) is 26.1 Å². The summed E-state index contributed by atoms with van der Waals surface area (Å²) in [6.45, 7) is 2.79. The van der Waals surface area contributed by atoms with Gasteiger partial charge in [0.25, 0.3) is 5.91 Å². The zero-order valence-corrected chi connectivity index (χ0v) is 19.5. The summed E-state index contributed by atoms with van der Waals surface area (Å²) < 4.78 is 17.2. The number of methoxy groups -OCH3 is 2. The highest BCUT2D eigenvalue weighted by Crippen LogP contribution is 2.36. The molecule has 0 spiro atoms. The van der Waals surface area contributed by atoms with Crippen molar-refractivity contribution >= 4 is 11.9 Å². The van der Waals surface area contributed by atoms with Gasteiger partial charge in [0.2, 0.25) is 11.8 Å². The molecule has 0 atom stereocenters. The highest BCUT2D eigenvalue weighted by atomic mass is 16.5. The van der Waals surface area contributed by atoms with Crippen LogP contribution in [-0.2, 0) is 13.0 Å². The van der Waals surface area contributed by atoms with Crippen molar-refractivity contribution in [2.24, 2.45) is 0 Å². The predicted octanol–water partition coefficient (Wildman–Crippen LogP) is 4.08. The van der Waals surface area contributed by atoms with Gasteiger partial charge in [0.1, 0.15) is 5.75 Å². The first-order valence-corrected chi connectivity index (χ1v) is 11.6. The maximum atomic E-state index is 13.4. The molecule has 2 aliphatic rings. The molecule has 0 N–H and O–H groups in total. The number of fused-ring (bicyclic) bond motifs is 1. The van der Waals surface area contributed by atoms with Crippen LogP contribution in [0.2, 0.25) is 0 Å². The summed E-state index contributed by atoms with van der Waals surface area (Å²) in [5, 5.41) is 0. The van der Waals surface area contributed by atoms with Crippen molar-refractivity contribution in [1.82, 2.24) is 14.9 Å². The van der Waals surface area contributed by atoms with Gasteiger partial charge in [-0.05, 0) is 37.1 Å². The van der Waals surface area contributed by atoms with Crippen LogP contribution >= 0.6 is 0 Å². The van der Waals surface area contributed by atoms with E-state index in [9.17, 15) is 4.79 Å². The van der Waals surface area contributed by atoms with E-state index in [4.69, 9.17) is 24.2 Å². The average molecular weight is 461 g/mol. The fraction of sp³-hybridized carbons (Fsp3) is 0.346. The first-order chi connectivity index (χ1) is 16.7. The zero-order chi connectivity index (χ0) is 23.5. The average Bonchev–Trinajstić information content (AvgIpc) is 3.43. The molecule has 0 bridgehead atoms. The van der Waals surface area contributed by atoms with Gasteiger partial charge in [-0.2, -0.15) is 4.98 Å². The van der Waals surface area contributed by atoms with Gasteiger partial charge in [-0.25, -0.2) is 4.98 Å². The van der Waals surface area contributed by atoms with Crippen molar-refractivity contribution < 1.29 is 19.0 Å². The number of carbonyl (C=O) groups is 1. The van der Waals surface area contributed by atoms with Crippen molar-refractivity contribution in [1.29, 1.82) is 0 Å². The van der Waals surface area contributed by atoms with Crippen molar-refractivity contribution in [3.8, 4) is 23.1 Å². The van der Waals surface area contributed by atoms with Gasteiger partial charge in [0.05, 0.1) is 37.6 Å². The molecule has 1 amide bonds. The van der Waals surface area contributed by atoms with Crippen LogP contribution in [0.1, 0.15) is 34.5 Å². The van der Waals surface area contributed by atoms with Crippen molar-refractivity contribution in [3.05, 3.63) is 65.4 Å². The van der Waals surface area contributed by atoms with Crippen LogP contribution in [-0.4, -0.2) is 54.6 Å². The molecule has 0 aliphatic carbocycles. The normalized spacial score (nSPS) is 15.1. The Labute approximate surface area is 199 Å². The first kappa shape index (κ1) is 22.0. The molecule has 176 valence electrons.